The molecule has 0 saturated carbocycles. The van der Waals surface area contributed by atoms with Gasteiger partial charge in [-0.15, -0.1) is 0 Å². The maximum atomic E-state index is 3.70. The lowest BCUT2D eigenvalue weighted by atomic mass is 10.1. The highest BCUT2D eigenvalue weighted by molar-refractivity contribution is 5.13. The third kappa shape index (κ3) is 7.54. The molecule has 0 aromatic carbocycles. The SMILES string of the molecule is C=C/C=C(/CC)C/C=C\CN(C)C. The molecule has 1 heteroatoms. The summed E-state index contributed by atoms with van der Waals surface area (Å²) in [5.74, 6) is 0. The Kier molecular flexibility index (Phi) is 7.32. The molecule has 0 N–H and O–H groups in total. The van der Waals surface area contributed by atoms with Crippen molar-refractivity contribution in [2.45, 2.75) is 19.8 Å². The molecule has 0 fully saturated rings. The maximum absolute atomic E-state index is 3.70. The van der Waals surface area contributed by atoms with Crippen LogP contribution < -0.4 is 0 Å². The monoisotopic (exact) mass is 179 g/mol. The molecule has 0 aliphatic rings. The van der Waals surface area contributed by atoms with E-state index in [1.807, 2.05) is 6.08 Å². The molecule has 0 amide bonds. The largest absolute Gasteiger partial charge is 0.306 e. The number of likely N-dealkylation sites (N-methyl/N-ethyl adjacent to an activating group) is 1. The van der Waals surface area contributed by atoms with Gasteiger partial charge in [0.15, 0.2) is 0 Å². The van der Waals surface area contributed by atoms with Crippen LogP contribution in [-0.4, -0.2) is 25.5 Å². The Hall–Kier alpha value is -0.820. The van der Waals surface area contributed by atoms with Crippen LogP contribution in [0.3, 0.4) is 0 Å². The fraction of sp³-hybridized carbons (Fsp3) is 0.500. The van der Waals surface area contributed by atoms with Gasteiger partial charge in [0, 0.05) is 6.54 Å². The Morgan fingerprint density at radius 3 is 2.46 bits per heavy atom. The molecule has 0 spiro atoms. The van der Waals surface area contributed by atoms with Crippen LogP contribution in [0.4, 0.5) is 0 Å². The van der Waals surface area contributed by atoms with Gasteiger partial charge >= 0.3 is 0 Å². The highest BCUT2D eigenvalue weighted by atomic mass is 15.0. The van der Waals surface area contributed by atoms with Gasteiger partial charge in [-0.05, 0) is 26.9 Å². The first-order valence-corrected chi connectivity index (χ1v) is 4.80. The van der Waals surface area contributed by atoms with Gasteiger partial charge in [0.25, 0.3) is 0 Å². The van der Waals surface area contributed by atoms with Gasteiger partial charge in [-0.25, -0.2) is 0 Å². The second-order valence-electron chi connectivity index (χ2n) is 3.35. The van der Waals surface area contributed by atoms with Crippen LogP contribution in [0.5, 0.6) is 0 Å². The fourth-order valence-corrected chi connectivity index (χ4v) is 1.02. The van der Waals surface area contributed by atoms with E-state index in [4.69, 9.17) is 0 Å². The molecule has 0 aromatic rings. The molecule has 74 valence electrons. The van der Waals surface area contributed by atoms with E-state index >= 15 is 0 Å². The third-order valence-electron chi connectivity index (χ3n) is 1.82. The smallest absolute Gasteiger partial charge is 0.0157 e. The Morgan fingerprint density at radius 1 is 1.31 bits per heavy atom. The minimum atomic E-state index is 1.02. The molecule has 13 heavy (non-hydrogen) atoms. The summed E-state index contributed by atoms with van der Waals surface area (Å²) < 4.78 is 0. The van der Waals surface area contributed by atoms with Gasteiger partial charge < -0.3 is 4.90 Å². The first kappa shape index (κ1) is 12.2. The summed E-state index contributed by atoms with van der Waals surface area (Å²) in [6, 6.07) is 0. The van der Waals surface area contributed by atoms with Gasteiger partial charge in [0.05, 0.1) is 0 Å². The van der Waals surface area contributed by atoms with Crippen molar-refractivity contribution in [3.8, 4) is 0 Å². The zero-order chi connectivity index (χ0) is 10.1. The van der Waals surface area contributed by atoms with Crippen molar-refractivity contribution in [3.63, 3.8) is 0 Å². The lowest BCUT2D eigenvalue weighted by molar-refractivity contribution is 0.456. The number of allylic oxidation sites excluding steroid dienone is 4. The van der Waals surface area contributed by atoms with Crippen LogP contribution in [0.1, 0.15) is 19.8 Å². The van der Waals surface area contributed by atoms with Gasteiger partial charge in [0.2, 0.25) is 0 Å². The van der Waals surface area contributed by atoms with E-state index in [-0.39, 0.29) is 0 Å². The average Bonchev–Trinajstić information content (AvgIpc) is 2.10. The zero-order valence-corrected chi connectivity index (χ0v) is 9.09. The van der Waals surface area contributed by atoms with E-state index < -0.39 is 0 Å². The summed E-state index contributed by atoms with van der Waals surface area (Å²) in [6.45, 7) is 6.89. The van der Waals surface area contributed by atoms with Gasteiger partial charge in [-0.2, -0.15) is 0 Å². The van der Waals surface area contributed by atoms with E-state index in [2.05, 4.69) is 50.7 Å². The molecule has 0 atom stereocenters. The zero-order valence-electron chi connectivity index (χ0n) is 9.09. The fourth-order valence-electron chi connectivity index (χ4n) is 1.02. The van der Waals surface area contributed by atoms with Crippen LogP contribution in [0, 0.1) is 0 Å². The van der Waals surface area contributed by atoms with Gasteiger partial charge in [0.1, 0.15) is 0 Å². The number of hydrogen-bond donors (Lipinski definition) is 0. The predicted octanol–water partition coefficient (Wildman–Crippen LogP) is 3.02. The second-order valence-corrected chi connectivity index (χ2v) is 3.35. The minimum absolute atomic E-state index is 1.02. The minimum Gasteiger partial charge on any atom is -0.306 e. The summed E-state index contributed by atoms with van der Waals surface area (Å²) in [5, 5.41) is 0. The van der Waals surface area contributed by atoms with E-state index in [0.717, 1.165) is 19.4 Å². The molecule has 1 nitrogen and oxygen atoms in total. The normalized spacial score (nSPS) is 12.8. The maximum Gasteiger partial charge on any atom is 0.0157 e. The summed E-state index contributed by atoms with van der Waals surface area (Å²) in [6.07, 6.45) is 10.5. The Morgan fingerprint density at radius 2 is 2.00 bits per heavy atom. The van der Waals surface area contributed by atoms with Crippen LogP contribution in [0.2, 0.25) is 0 Å². The lowest BCUT2D eigenvalue weighted by Gasteiger charge is -2.04. The standard InChI is InChI=1S/C12H21N/c1-5-9-12(6-2)10-7-8-11-13(3)4/h5,7-9H,1,6,10-11H2,2-4H3/b8-7-,12-9-. The van der Waals surface area contributed by atoms with Crippen molar-refractivity contribution in [3.05, 3.63) is 36.5 Å². The quantitative estimate of drug-likeness (QED) is 0.447. The molecular weight excluding hydrogens is 158 g/mol. The second kappa shape index (κ2) is 7.81. The number of nitrogens with zero attached hydrogens (tertiary/aromatic N) is 1. The molecule has 0 radical (unpaired) electrons. The molecule has 0 saturated heterocycles. The predicted molar refractivity (Wildman–Crippen MR) is 60.9 cm³/mol. The number of hydrogen-bond acceptors (Lipinski definition) is 1. The highest BCUT2D eigenvalue weighted by Gasteiger charge is 1.88. The average molecular weight is 179 g/mol. The topological polar surface area (TPSA) is 3.24 Å². The van der Waals surface area contributed by atoms with E-state index in [0.29, 0.717) is 0 Å². The van der Waals surface area contributed by atoms with Crippen molar-refractivity contribution in [1.29, 1.82) is 0 Å². The van der Waals surface area contributed by atoms with Crippen molar-refractivity contribution in [1.82, 2.24) is 4.90 Å². The molecule has 0 bridgehead atoms. The first-order valence-electron chi connectivity index (χ1n) is 4.80. The summed E-state index contributed by atoms with van der Waals surface area (Å²) >= 11 is 0. The summed E-state index contributed by atoms with van der Waals surface area (Å²) in [7, 11) is 4.15. The van der Waals surface area contributed by atoms with Crippen LogP contribution in [0.25, 0.3) is 0 Å². The van der Waals surface area contributed by atoms with Crippen molar-refractivity contribution in [2.75, 3.05) is 20.6 Å². The number of rotatable bonds is 6. The molecule has 0 unspecified atom stereocenters. The van der Waals surface area contributed by atoms with E-state index in [1.165, 1.54) is 5.57 Å². The van der Waals surface area contributed by atoms with Crippen molar-refractivity contribution in [2.24, 2.45) is 0 Å². The van der Waals surface area contributed by atoms with E-state index in [1.54, 1.807) is 0 Å². The third-order valence-corrected chi connectivity index (χ3v) is 1.82. The molecule has 0 aromatic heterocycles. The first-order chi connectivity index (χ1) is 6.20. The molecular formula is C12H21N. The summed E-state index contributed by atoms with van der Waals surface area (Å²) in [5.41, 5.74) is 1.44. The van der Waals surface area contributed by atoms with Gasteiger partial charge in [-0.3, -0.25) is 0 Å². The lowest BCUT2D eigenvalue weighted by Crippen LogP contribution is -2.10. The van der Waals surface area contributed by atoms with Crippen LogP contribution in [0.15, 0.2) is 36.5 Å². The Labute approximate surface area is 82.4 Å². The van der Waals surface area contributed by atoms with Gasteiger partial charge in [-0.1, -0.05) is 43.4 Å². The molecule has 0 aliphatic heterocycles. The Bertz CT molecular complexity index is 187. The molecule has 0 aliphatic carbocycles. The van der Waals surface area contributed by atoms with Crippen molar-refractivity contribution >= 4 is 0 Å². The van der Waals surface area contributed by atoms with Crippen molar-refractivity contribution < 1.29 is 0 Å². The molecule has 0 heterocycles. The van der Waals surface area contributed by atoms with Crippen LogP contribution >= 0.6 is 0 Å². The molecule has 0 rings (SSSR count). The highest BCUT2D eigenvalue weighted by Crippen LogP contribution is 2.06. The summed E-state index contributed by atoms with van der Waals surface area (Å²) in [4.78, 5) is 2.15. The Balaban J connectivity index is 3.78. The van der Waals surface area contributed by atoms with E-state index in [9.17, 15) is 0 Å². The van der Waals surface area contributed by atoms with Crippen LogP contribution in [-0.2, 0) is 0 Å².